The van der Waals surface area contributed by atoms with Crippen molar-refractivity contribution in [1.82, 2.24) is 4.90 Å². The van der Waals surface area contributed by atoms with Crippen LogP contribution in [0, 0.1) is 0 Å². The maximum atomic E-state index is 12.4. The quantitative estimate of drug-likeness (QED) is 0.669. The number of amides is 2. The van der Waals surface area contributed by atoms with Crippen LogP contribution in [0.4, 0.5) is 5.69 Å². The Hall–Kier alpha value is -2.34. The van der Waals surface area contributed by atoms with Crippen LogP contribution in [0.1, 0.15) is 40.5 Å². The number of nitrogens with one attached hydrogen (secondary N) is 1. The summed E-state index contributed by atoms with van der Waals surface area (Å²) in [5.41, 5.74) is 1.72. The van der Waals surface area contributed by atoms with Crippen LogP contribution in [0.2, 0.25) is 0 Å². The minimum Gasteiger partial charge on any atom is -0.492 e. The molecule has 0 saturated heterocycles. The topological polar surface area (TPSA) is 58.6 Å². The Kier molecular flexibility index (Phi) is 7.21. The van der Waals surface area contributed by atoms with E-state index in [-0.39, 0.29) is 11.8 Å². The molecule has 0 saturated carbocycles. The van der Waals surface area contributed by atoms with Gasteiger partial charge >= 0.3 is 0 Å². The van der Waals surface area contributed by atoms with E-state index in [1.54, 1.807) is 56.6 Å². The van der Waals surface area contributed by atoms with Gasteiger partial charge in [-0.3, -0.25) is 9.59 Å². The van der Waals surface area contributed by atoms with Crippen LogP contribution in [-0.2, 0) is 0 Å². The number of ether oxygens (including phenoxy) is 1. The van der Waals surface area contributed by atoms with Gasteiger partial charge < -0.3 is 15.0 Å². The maximum absolute atomic E-state index is 12.4. The van der Waals surface area contributed by atoms with E-state index in [1.165, 1.54) is 4.90 Å². The van der Waals surface area contributed by atoms with E-state index in [1.807, 2.05) is 0 Å². The Labute approximate surface area is 162 Å². The molecule has 0 radical (unpaired) electrons. The number of unbranched alkanes of at least 4 members (excludes halogenated alkanes) is 1. The lowest BCUT2D eigenvalue weighted by atomic mass is 10.1. The lowest BCUT2D eigenvalue weighted by molar-refractivity contribution is 0.0827. The predicted octanol–water partition coefficient (Wildman–Crippen LogP) is 4.58. The highest BCUT2D eigenvalue weighted by Gasteiger charge is 2.11. The number of halogens is 1. The van der Waals surface area contributed by atoms with E-state index in [9.17, 15) is 9.59 Å². The third kappa shape index (κ3) is 5.33. The molecule has 0 atom stereocenters. The van der Waals surface area contributed by atoms with Gasteiger partial charge in [-0.15, -0.1) is 0 Å². The van der Waals surface area contributed by atoms with Gasteiger partial charge in [0.15, 0.2) is 0 Å². The van der Waals surface area contributed by atoms with E-state index in [2.05, 4.69) is 28.2 Å². The Morgan fingerprint density at radius 2 is 1.73 bits per heavy atom. The minimum absolute atomic E-state index is 0.0783. The third-order valence-corrected chi connectivity index (χ3v) is 4.37. The molecule has 2 aromatic rings. The van der Waals surface area contributed by atoms with Crippen LogP contribution in [0.5, 0.6) is 5.75 Å². The first-order chi connectivity index (χ1) is 12.4. The molecule has 0 aliphatic rings. The van der Waals surface area contributed by atoms with Crippen molar-refractivity contribution in [2.45, 2.75) is 19.8 Å². The van der Waals surface area contributed by atoms with Crippen molar-refractivity contribution in [1.29, 1.82) is 0 Å². The molecule has 0 spiro atoms. The van der Waals surface area contributed by atoms with Crippen LogP contribution in [-0.4, -0.2) is 37.4 Å². The molecule has 0 aliphatic carbocycles. The molecule has 0 heterocycles. The fourth-order valence-electron chi connectivity index (χ4n) is 2.24. The first-order valence-corrected chi connectivity index (χ1v) is 9.27. The summed E-state index contributed by atoms with van der Waals surface area (Å²) in [6, 6.07) is 12.1. The molecule has 2 amide bonds. The van der Waals surface area contributed by atoms with Crippen molar-refractivity contribution in [2.24, 2.45) is 0 Å². The molecule has 138 valence electrons. The molecule has 0 aromatic heterocycles. The highest BCUT2D eigenvalue weighted by Crippen LogP contribution is 2.26. The highest BCUT2D eigenvalue weighted by atomic mass is 79.9. The Morgan fingerprint density at radius 1 is 1.08 bits per heavy atom. The van der Waals surface area contributed by atoms with Crippen molar-refractivity contribution in [2.75, 3.05) is 26.0 Å². The average molecular weight is 419 g/mol. The molecule has 2 rings (SSSR count). The number of carbonyl (C=O) groups is 2. The number of anilines is 1. The average Bonchev–Trinajstić information content (AvgIpc) is 2.63. The SMILES string of the molecule is CCCCOc1ccc(C(=O)Nc2ccc(C(=O)N(C)C)cc2)cc1Br. The minimum atomic E-state index is -0.225. The van der Waals surface area contributed by atoms with Crippen LogP contribution >= 0.6 is 15.9 Å². The van der Waals surface area contributed by atoms with Crippen LogP contribution < -0.4 is 10.1 Å². The van der Waals surface area contributed by atoms with Gasteiger partial charge in [-0.2, -0.15) is 0 Å². The Bertz CT molecular complexity index is 773. The number of nitrogens with zero attached hydrogens (tertiary/aromatic N) is 1. The molecular weight excluding hydrogens is 396 g/mol. The van der Waals surface area contributed by atoms with Gasteiger partial charge in [-0.1, -0.05) is 13.3 Å². The van der Waals surface area contributed by atoms with Crippen molar-refractivity contribution in [3.8, 4) is 5.75 Å². The summed E-state index contributed by atoms with van der Waals surface area (Å²) >= 11 is 3.44. The second kappa shape index (κ2) is 9.38. The smallest absolute Gasteiger partial charge is 0.255 e. The van der Waals surface area contributed by atoms with Crippen LogP contribution in [0.3, 0.4) is 0 Å². The monoisotopic (exact) mass is 418 g/mol. The maximum Gasteiger partial charge on any atom is 0.255 e. The molecule has 0 bridgehead atoms. The summed E-state index contributed by atoms with van der Waals surface area (Å²) in [4.78, 5) is 25.8. The molecule has 2 aromatic carbocycles. The fourth-order valence-corrected chi connectivity index (χ4v) is 2.74. The Morgan fingerprint density at radius 3 is 2.31 bits per heavy atom. The molecular formula is C20H23BrN2O3. The summed E-state index contributed by atoms with van der Waals surface area (Å²) < 4.78 is 6.41. The lowest BCUT2D eigenvalue weighted by Crippen LogP contribution is -2.21. The molecule has 5 nitrogen and oxygen atoms in total. The summed E-state index contributed by atoms with van der Waals surface area (Å²) in [5, 5.41) is 2.83. The number of carbonyl (C=O) groups excluding carboxylic acids is 2. The van der Waals surface area contributed by atoms with E-state index < -0.39 is 0 Å². The highest BCUT2D eigenvalue weighted by molar-refractivity contribution is 9.10. The van der Waals surface area contributed by atoms with Gasteiger partial charge in [0.2, 0.25) is 0 Å². The standard InChI is InChI=1S/C20H23BrN2O3/c1-4-5-12-26-18-11-8-15(13-17(18)21)19(24)22-16-9-6-14(7-10-16)20(25)23(2)3/h6-11,13H,4-5,12H2,1-3H3,(H,22,24). The van der Waals surface area contributed by atoms with Gasteiger partial charge in [0.1, 0.15) is 5.75 Å². The van der Waals surface area contributed by atoms with Gasteiger partial charge in [-0.25, -0.2) is 0 Å². The Balaban J connectivity index is 2.03. The third-order valence-electron chi connectivity index (χ3n) is 3.75. The fraction of sp³-hybridized carbons (Fsp3) is 0.300. The zero-order valence-electron chi connectivity index (χ0n) is 15.2. The van der Waals surface area contributed by atoms with Gasteiger partial charge in [0, 0.05) is 30.9 Å². The van der Waals surface area contributed by atoms with E-state index in [4.69, 9.17) is 4.74 Å². The number of hydrogen-bond acceptors (Lipinski definition) is 3. The van der Waals surface area contributed by atoms with Crippen molar-refractivity contribution < 1.29 is 14.3 Å². The zero-order valence-corrected chi connectivity index (χ0v) is 16.8. The largest absolute Gasteiger partial charge is 0.492 e. The molecule has 0 fully saturated rings. The summed E-state index contributed by atoms with van der Waals surface area (Å²) in [5.74, 6) is 0.421. The first kappa shape index (κ1) is 20.0. The van der Waals surface area contributed by atoms with Gasteiger partial charge in [0.05, 0.1) is 11.1 Å². The summed E-state index contributed by atoms with van der Waals surface area (Å²) in [6.07, 6.45) is 2.05. The van der Waals surface area contributed by atoms with Crippen molar-refractivity contribution >= 4 is 33.4 Å². The van der Waals surface area contributed by atoms with Gasteiger partial charge in [0.25, 0.3) is 11.8 Å². The van der Waals surface area contributed by atoms with E-state index in [0.29, 0.717) is 23.4 Å². The molecule has 0 aliphatic heterocycles. The number of hydrogen-bond donors (Lipinski definition) is 1. The first-order valence-electron chi connectivity index (χ1n) is 8.47. The summed E-state index contributed by atoms with van der Waals surface area (Å²) in [7, 11) is 3.40. The van der Waals surface area contributed by atoms with Crippen molar-refractivity contribution in [3.63, 3.8) is 0 Å². The van der Waals surface area contributed by atoms with Gasteiger partial charge in [-0.05, 0) is 64.8 Å². The zero-order chi connectivity index (χ0) is 19.1. The summed E-state index contributed by atoms with van der Waals surface area (Å²) in [6.45, 7) is 2.76. The molecule has 26 heavy (non-hydrogen) atoms. The van der Waals surface area contributed by atoms with E-state index >= 15 is 0 Å². The molecule has 1 N–H and O–H groups in total. The molecule has 6 heteroatoms. The second-order valence-corrected chi connectivity index (χ2v) is 6.93. The number of benzene rings is 2. The van der Waals surface area contributed by atoms with Crippen molar-refractivity contribution in [3.05, 3.63) is 58.1 Å². The van der Waals surface area contributed by atoms with Crippen LogP contribution in [0.15, 0.2) is 46.9 Å². The lowest BCUT2D eigenvalue weighted by Gasteiger charge is -2.12. The normalized spacial score (nSPS) is 10.3. The molecule has 0 unspecified atom stereocenters. The number of rotatable bonds is 7. The predicted molar refractivity (Wildman–Crippen MR) is 107 cm³/mol. The van der Waals surface area contributed by atoms with Crippen LogP contribution in [0.25, 0.3) is 0 Å². The van der Waals surface area contributed by atoms with E-state index in [0.717, 1.165) is 23.1 Å². The second-order valence-electron chi connectivity index (χ2n) is 6.08.